The van der Waals surface area contributed by atoms with E-state index in [9.17, 15) is 4.79 Å². The van der Waals surface area contributed by atoms with Crippen LogP contribution < -0.4 is 4.74 Å². The minimum absolute atomic E-state index is 0.117. The Labute approximate surface area is 136 Å². The molecule has 0 bridgehead atoms. The highest BCUT2D eigenvalue weighted by molar-refractivity contribution is 8.00. The number of thioether (sulfide) groups is 1. The van der Waals surface area contributed by atoms with Crippen molar-refractivity contribution < 1.29 is 9.53 Å². The Hall–Kier alpha value is -1.42. The zero-order valence-electron chi connectivity index (χ0n) is 13.1. The van der Waals surface area contributed by atoms with Crippen molar-refractivity contribution in [3.05, 3.63) is 35.4 Å². The first-order valence-electron chi connectivity index (χ1n) is 8.10. The maximum absolute atomic E-state index is 12.4. The van der Waals surface area contributed by atoms with Crippen LogP contribution in [0.5, 0.6) is 5.75 Å². The van der Waals surface area contributed by atoms with Gasteiger partial charge in [0, 0.05) is 30.8 Å². The number of carbonyl (C=O) groups is 1. The highest BCUT2D eigenvalue weighted by atomic mass is 32.2. The zero-order valence-corrected chi connectivity index (χ0v) is 13.9. The molecular formula is C18H23NO2S. The fourth-order valence-electron chi connectivity index (χ4n) is 2.99. The van der Waals surface area contributed by atoms with E-state index in [4.69, 9.17) is 4.74 Å². The summed E-state index contributed by atoms with van der Waals surface area (Å²) < 4.78 is 5.51. The Morgan fingerprint density at radius 2 is 2.41 bits per heavy atom. The molecule has 1 aromatic rings. The first-order chi connectivity index (χ1) is 10.8. The highest BCUT2D eigenvalue weighted by Gasteiger charge is 2.20. The lowest BCUT2D eigenvalue weighted by Gasteiger charge is -2.22. The van der Waals surface area contributed by atoms with Crippen molar-refractivity contribution in [3.8, 4) is 5.75 Å². The van der Waals surface area contributed by atoms with Crippen molar-refractivity contribution in [3.63, 3.8) is 0 Å². The molecule has 118 valence electrons. The molecule has 0 N–H and O–H groups in total. The van der Waals surface area contributed by atoms with Gasteiger partial charge >= 0.3 is 0 Å². The number of likely N-dealkylation sites (N-methyl/N-ethyl adjacent to an activating group) is 1. The molecule has 3 rings (SSSR count). The van der Waals surface area contributed by atoms with E-state index in [0.717, 1.165) is 37.4 Å². The van der Waals surface area contributed by atoms with Crippen LogP contribution in [0.4, 0.5) is 0 Å². The molecule has 22 heavy (non-hydrogen) atoms. The van der Waals surface area contributed by atoms with E-state index in [1.807, 2.05) is 34.9 Å². The molecule has 1 saturated heterocycles. The molecule has 2 aliphatic heterocycles. The first kappa shape index (κ1) is 15.5. The molecule has 0 aromatic heterocycles. The number of benzene rings is 1. The van der Waals surface area contributed by atoms with Gasteiger partial charge in [0.25, 0.3) is 0 Å². The van der Waals surface area contributed by atoms with Gasteiger partial charge in [-0.3, -0.25) is 4.79 Å². The molecule has 1 fully saturated rings. The monoisotopic (exact) mass is 317 g/mol. The maximum atomic E-state index is 12.4. The number of nitrogens with zero attached hydrogens (tertiary/aromatic N) is 1. The Morgan fingerprint density at radius 3 is 3.18 bits per heavy atom. The molecule has 0 aliphatic carbocycles. The summed E-state index contributed by atoms with van der Waals surface area (Å²) >= 11 is 2.00. The third kappa shape index (κ3) is 3.67. The molecule has 1 atom stereocenters. The van der Waals surface area contributed by atoms with E-state index in [0.29, 0.717) is 5.25 Å². The second-order valence-electron chi connectivity index (χ2n) is 5.81. The number of carbonyl (C=O) groups excluding carboxylic acids is 1. The third-order valence-electron chi connectivity index (χ3n) is 4.27. The minimum atomic E-state index is 0.117. The van der Waals surface area contributed by atoms with E-state index >= 15 is 0 Å². The van der Waals surface area contributed by atoms with Crippen molar-refractivity contribution in [2.45, 2.75) is 31.4 Å². The van der Waals surface area contributed by atoms with Gasteiger partial charge in [-0.15, -0.1) is 0 Å². The molecule has 2 heterocycles. The summed E-state index contributed by atoms with van der Waals surface area (Å²) in [5, 5.41) is 0.620. The van der Waals surface area contributed by atoms with Gasteiger partial charge in [0.15, 0.2) is 0 Å². The Morgan fingerprint density at radius 1 is 1.50 bits per heavy atom. The zero-order chi connectivity index (χ0) is 15.4. The van der Waals surface area contributed by atoms with Gasteiger partial charge in [0.1, 0.15) is 5.75 Å². The van der Waals surface area contributed by atoms with Crippen LogP contribution in [0.3, 0.4) is 0 Å². The molecular weight excluding hydrogens is 294 g/mol. The van der Waals surface area contributed by atoms with E-state index in [1.54, 1.807) is 6.08 Å². The molecule has 0 spiro atoms. The topological polar surface area (TPSA) is 29.5 Å². The summed E-state index contributed by atoms with van der Waals surface area (Å²) in [6.07, 6.45) is 7.12. The van der Waals surface area contributed by atoms with Crippen molar-refractivity contribution >= 4 is 23.7 Å². The molecule has 0 radical (unpaired) electrons. The maximum Gasteiger partial charge on any atom is 0.246 e. The van der Waals surface area contributed by atoms with Gasteiger partial charge < -0.3 is 9.64 Å². The van der Waals surface area contributed by atoms with Crippen LogP contribution in [0.15, 0.2) is 24.3 Å². The Bertz CT molecular complexity index is 564. The van der Waals surface area contributed by atoms with Crippen LogP contribution in [0.25, 0.3) is 6.08 Å². The average molecular weight is 317 g/mol. The fraction of sp³-hybridized carbons (Fsp3) is 0.500. The van der Waals surface area contributed by atoms with Gasteiger partial charge in [-0.1, -0.05) is 6.07 Å². The summed E-state index contributed by atoms with van der Waals surface area (Å²) in [5.74, 6) is 2.34. The van der Waals surface area contributed by atoms with Crippen LogP contribution in [-0.2, 0) is 11.2 Å². The van der Waals surface area contributed by atoms with Crippen LogP contribution in [0.2, 0.25) is 0 Å². The first-order valence-corrected chi connectivity index (χ1v) is 9.15. The lowest BCUT2D eigenvalue weighted by atomic mass is 10.1. The van der Waals surface area contributed by atoms with E-state index < -0.39 is 0 Å². The quantitative estimate of drug-likeness (QED) is 0.780. The summed E-state index contributed by atoms with van der Waals surface area (Å²) in [6, 6.07) is 6.13. The second-order valence-corrected chi connectivity index (χ2v) is 7.22. The Kier molecular flexibility index (Phi) is 5.08. The van der Waals surface area contributed by atoms with E-state index in [-0.39, 0.29) is 5.91 Å². The van der Waals surface area contributed by atoms with E-state index in [1.165, 1.54) is 24.2 Å². The normalized spacial score (nSPS) is 20.1. The predicted molar refractivity (Wildman–Crippen MR) is 92.4 cm³/mol. The molecule has 0 saturated carbocycles. The van der Waals surface area contributed by atoms with Crippen molar-refractivity contribution in [1.29, 1.82) is 0 Å². The molecule has 1 amide bonds. The van der Waals surface area contributed by atoms with Crippen LogP contribution in [-0.4, -0.2) is 41.5 Å². The second kappa shape index (κ2) is 7.23. The predicted octanol–water partition coefficient (Wildman–Crippen LogP) is 3.38. The summed E-state index contributed by atoms with van der Waals surface area (Å²) in [6.45, 7) is 4.48. The average Bonchev–Trinajstić information content (AvgIpc) is 3.20. The highest BCUT2D eigenvalue weighted by Crippen LogP contribution is 2.27. The number of hydrogen-bond donors (Lipinski definition) is 0. The van der Waals surface area contributed by atoms with Crippen molar-refractivity contribution in [1.82, 2.24) is 4.90 Å². The molecule has 1 aromatic carbocycles. The summed E-state index contributed by atoms with van der Waals surface area (Å²) in [5.41, 5.74) is 2.31. The number of rotatable bonds is 5. The molecule has 2 aliphatic rings. The molecule has 3 nitrogen and oxygen atoms in total. The fourth-order valence-corrected chi connectivity index (χ4v) is 4.28. The minimum Gasteiger partial charge on any atom is -0.493 e. The summed E-state index contributed by atoms with van der Waals surface area (Å²) in [7, 11) is 0. The largest absolute Gasteiger partial charge is 0.493 e. The molecule has 4 heteroatoms. The van der Waals surface area contributed by atoms with Gasteiger partial charge in [-0.05, 0) is 54.9 Å². The number of ether oxygens (including phenoxy) is 1. The van der Waals surface area contributed by atoms with E-state index in [2.05, 4.69) is 13.0 Å². The van der Waals surface area contributed by atoms with Crippen LogP contribution >= 0.6 is 11.8 Å². The van der Waals surface area contributed by atoms with Crippen LogP contribution in [0.1, 0.15) is 30.9 Å². The SMILES string of the molecule is CCN(CC1CCCS1)C(=O)C=Cc1ccc2c(c1)CCO2. The van der Waals surface area contributed by atoms with Gasteiger partial charge in [0.2, 0.25) is 5.91 Å². The van der Waals surface area contributed by atoms with Crippen molar-refractivity contribution in [2.24, 2.45) is 0 Å². The van der Waals surface area contributed by atoms with Crippen LogP contribution in [0, 0.1) is 0 Å². The third-order valence-corrected chi connectivity index (χ3v) is 5.65. The van der Waals surface area contributed by atoms with Gasteiger partial charge in [0.05, 0.1) is 6.61 Å². The van der Waals surface area contributed by atoms with Crippen molar-refractivity contribution in [2.75, 3.05) is 25.4 Å². The number of hydrogen-bond acceptors (Lipinski definition) is 3. The standard InChI is InChI=1S/C18H23NO2S/c1-2-19(13-16-4-3-11-22-16)18(20)8-6-14-5-7-17-15(12-14)9-10-21-17/h5-8,12,16H,2-4,9-11,13H2,1H3. The molecule has 1 unspecified atom stereocenters. The van der Waals surface area contributed by atoms with Gasteiger partial charge in [-0.2, -0.15) is 11.8 Å². The Balaban J connectivity index is 1.61. The lowest BCUT2D eigenvalue weighted by Crippen LogP contribution is -2.34. The smallest absolute Gasteiger partial charge is 0.246 e. The van der Waals surface area contributed by atoms with Gasteiger partial charge in [-0.25, -0.2) is 0 Å². The number of fused-ring (bicyclic) bond motifs is 1. The summed E-state index contributed by atoms with van der Waals surface area (Å²) in [4.78, 5) is 14.3. The number of amides is 1. The lowest BCUT2D eigenvalue weighted by molar-refractivity contribution is -0.125.